The van der Waals surface area contributed by atoms with E-state index in [0.29, 0.717) is 6.54 Å². The van der Waals surface area contributed by atoms with Crippen molar-refractivity contribution in [2.45, 2.75) is 20.1 Å². The summed E-state index contributed by atoms with van der Waals surface area (Å²) in [6.07, 6.45) is -0.204. The SMILES string of the molecule is COC(CNc1cccc(C)c1C)OC. The van der Waals surface area contributed by atoms with E-state index in [2.05, 4.69) is 31.3 Å². The lowest BCUT2D eigenvalue weighted by Gasteiger charge is -2.16. The summed E-state index contributed by atoms with van der Waals surface area (Å²) < 4.78 is 10.2. The number of benzene rings is 1. The standard InChI is InChI=1S/C12H19NO2/c1-9-6-5-7-11(10(9)2)13-8-12(14-3)15-4/h5-7,12-13H,8H2,1-4H3. The van der Waals surface area contributed by atoms with E-state index in [1.807, 2.05) is 6.07 Å². The Bertz CT molecular complexity index is 308. The number of aryl methyl sites for hydroxylation is 1. The van der Waals surface area contributed by atoms with Gasteiger partial charge in [-0.2, -0.15) is 0 Å². The predicted octanol–water partition coefficient (Wildman–Crippen LogP) is 2.33. The van der Waals surface area contributed by atoms with E-state index in [4.69, 9.17) is 9.47 Å². The first-order valence-electron chi connectivity index (χ1n) is 5.04. The van der Waals surface area contributed by atoms with Crippen molar-refractivity contribution in [2.24, 2.45) is 0 Å². The van der Waals surface area contributed by atoms with Gasteiger partial charge in [-0.15, -0.1) is 0 Å². The molecule has 0 bridgehead atoms. The van der Waals surface area contributed by atoms with Gasteiger partial charge in [0.2, 0.25) is 0 Å². The molecule has 0 atom stereocenters. The van der Waals surface area contributed by atoms with E-state index < -0.39 is 0 Å². The molecule has 0 aliphatic rings. The lowest BCUT2D eigenvalue weighted by Crippen LogP contribution is -2.23. The van der Waals surface area contributed by atoms with Crippen molar-refractivity contribution in [1.82, 2.24) is 0 Å². The molecule has 0 aliphatic heterocycles. The van der Waals surface area contributed by atoms with Crippen LogP contribution in [0.1, 0.15) is 11.1 Å². The third kappa shape index (κ3) is 3.22. The number of nitrogens with one attached hydrogen (secondary N) is 1. The Balaban J connectivity index is 2.61. The molecule has 3 nitrogen and oxygen atoms in total. The first-order valence-corrected chi connectivity index (χ1v) is 5.04. The summed E-state index contributed by atoms with van der Waals surface area (Å²) in [4.78, 5) is 0. The summed E-state index contributed by atoms with van der Waals surface area (Å²) in [7, 11) is 3.28. The van der Waals surface area contributed by atoms with Crippen molar-refractivity contribution in [1.29, 1.82) is 0 Å². The van der Waals surface area contributed by atoms with Gasteiger partial charge in [0, 0.05) is 19.9 Å². The zero-order valence-corrected chi connectivity index (χ0v) is 9.83. The van der Waals surface area contributed by atoms with Crippen LogP contribution in [0, 0.1) is 13.8 Å². The van der Waals surface area contributed by atoms with Gasteiger partial charge in [-0.3, -0.25) is 0 Å². The fraction of sp³-hybridized carbons (Fsp3) is 0.500. The minimum Gasteiger partial charge on any atom is -0.380 e. The molecule has 0 saturated carbocycles. The lowest BCUT2D eigenvalue weighted by atomic mass is 10.1. The van der Waals surface area contributed by atoms with Crippen LogP contribution in [0.3, 0.4) is 0 Å². The second kappa shape index (κ2) is 5.73. The number of methoxy groups -OCH3 is 2. The van der Waals surface area contributed by atoms with Crippen LogP contribution in [0.4, 0.5) is 5.69 Å². The third-order valence-electron chi connectivity index (χ3n) is 2.59. The van der Waals surface area contributed by atoms with Crippen molar-refractivity contribution in [2.75, 3.05) is 26.1 Å². The topological polar surface area (TPSA) is 30.5 Å². The van der Waals surface area contributed by atoms with Crippen LogP contribution in [0.5, 0.6) is 0 Å². The van der Waals surface area contributed by atoms with E-state index in [1.165, 1.54) is 11.1 Å². The second-order valence-corrected chi connectivity index (χ2v) is 3.53. The summed E-state index contributed by atoms with van der Waals surface area (Å²) in [5, 5.41) is 3.31. The molecular weight excluding hydrogens is 190 g/mol. The summed E-state index contributed by atoms with van der Waals surface area (Å²) >= 11 is 0. The van der Waals surface area contributed by atoms with Gasteiger partial charge in [0.1, 0.15) is 0 Å². The highest BCUT2D eigenvalue weighted by molar-refractivity contribution is 5.53. The Morgan fingerprint density at radius 3 is 2.47 bits per heavy atom. The van der Waals surface area contributed by atoms with Crippen LogP contribution >= 0.6 is 0 Å². The minimum atomic E-state index is -0.204. The Kier molecular flexibility index (Phi) is 4.59. The van der Waals surface area contributed by atoms with Crippen molar-refractivity contribution >= 4 is 5.69 Å². The van der Waals surface area contributed by atoms with Crippen LogP contribution < -0.4 is 5.32 Å². The number of anilines is 1. The molecule has 0 aromatic heterocycles. The molecule has 0 radical (unpaired) electrons. The fourth-order valence-corrected chi connectivity index (χ4v) is 1.40. The average Bonchev–Trinajstić information content (AvgIpc) is 2.25. The van der Waals surface area contributed by atoms with Crippen LogP contribution in [0.2, 0.25) is 0 Å². The predicted molar refractivity (Wildman–Crippen MR) is 62.2 cm³/mol. The zero-order valence-electron chi connectivity index (χ0n) is 9.83. The molecule has 0 heterocycles. The Hall–Kier alpha value is -1.06. The van der Waals surface area contributed by atoms with Gasteiger partial charge in [-0.05, 0) is 31.0 Å². The number of hydrogen-bond acceptors (Lipinski definition) is 3. The molecule has 0 unspecified atom stereocenters. The highest BCUT2D eigenvalue weighted by atomic mass is 16.7. The monoisotopic (exact) mass is 209 g/mol. The number of hydrogen-bond donors (Lipinski definition) is 1. The lowest BCUT2D eigenvalue weighted by molar-refractivity contribution is -0.0914. The molecule has 84 valence electrons. The van der Waals surface area contributed by atoms with E-state index in [9.17, 15) is 0 Å². The molecular formula is C12H19NO2. The maximum atomic E-state index is 5.11. The van der Waals surface area contributed by atoms with Gasteiger partial charge in [0.25, 0.3) is 0 Å². The van der Waals surface area contributed by atoms with Crippen molar-refractivity contribution < 1.29 is 9.47 Å². The highest BCUT2D eigenvalue weighted by Gasteiger charge is 2.05. The van der Waals surface area contributed by atoms with Gasteiger partial charge in [-0.1, -0.05) is 12.1 Å². The summed E-state index contributed by atoms with van der Waals surface area (Å²) in [6.45, 7) is 4.86. The zero-order chi connectivity index (χ0) is 11.3. The maximum Gasteiger partial charge on any atom is 0.173 e. The molecule has 0 aliphatic carbocycles. The Morgan fingerprint density at radius 2 is 1.87 bits per heavy atom. The van der Waals surface area contributed by atoms with Gasteiger partial charge in [0.15, 0.2) is 6.29 Å². The maximum absolute atomic E-state index is 5.11. The summed E-state index contributed by atoms with van der Waals surface area (Å²) in [5.41, 5.74) is 3.68. The summed E-state index contributed by atoms with van der Waals surface area (Å²) in [6, 6.07) is 6.20. The van der Waals surface area contributed by atoms with Crippen LogP contribution in [0.25, 0.3) is 0 Å². The first-order chi connectivity index (χ1) is 7.19. The normalized spacial score (nSPS) is 10.7. The number of ether oxygens (including phenoxy) is 2. The van der Waals surface area contributed by atoms with Gasteiger partial charge in [0.05, 0.1) is 6.54 Å². The molecule has 1 rings (SSSR count). The highest BCUT2D eigenvalue weighted by Crippen LogP contribution is 2.17. The van der Waals surface area contributed by atoms with E-state index in [-0.39, 0.29) is 6.29 Å². The molecule has 1 aromatic carbocycles. The summed E-state index contributed by atoms with van der Waals surface area (Å²) in [5.74, 6) is 0. The quantitative estimate of drug-likeness (QED) is 0.755. The van der Waals surface area contributed by atoms with Gasteiger partial charge < -0.3 is 14.8 Å². The van der Waals surface area contributed by atoms with Crippen molar-refractivity contribution in [3.05, 3.63) is 29.3 Å². The molecule has 1 N–H and O–H groups in total. The molecule has 3 heteroatoms. The third-order valence-corrected chi connectivity index (χ3v) is 2.59. The van der Waals surface area contributed by atoms with Crippen LogP contribution in [-0.2, 0) is 9.47 Å². The van der Waals surface area contributed by atoms with Crippen LogP contribution in [-0.4, -0.2) is 27.1 Å². The molecule has 0 fully saturated rings. The average molecular weight is 209 g/mol. The van der Waals surface area contributed by atoms with Gasteiger partial charge >= 0.3 is 0 Å². The van der Waals surface area contributed by atoms with Gasteiger partial charge in [-0.25, -0.2) is 0 Å². The Labute approximate surface area is 91.4 Å². The minimum absolute atomic E-state index is 0.204. The molecule has 1 aromatic rings. The Morgan fingerprint density at radius 1 is 1.20 bits per heavy atom. The molecule has 15 heavy (non-hydrogen) atoms. The first kappa shape index (κ1) is 12.0. The smallest absolute Gasteiger partial charge is 0.173 e. The second-order valence-electron chi connectivity index (χ2n) is 3.53. The van der Waals surface area contributed by atoms with Crippen molar-refractivity contribution in [3.63, 3.8) is 0 Å². The number of rotatable bonds is 5. The fourth-order valence-electron chi connectivity index (χ4n) is 1.40. The van der Waals surface area contributed by atoms with Crippen molar-refractivity contribution in [3.8, 4) is 0 Å². The molecule has 0 spiro atoms. The van der Waals surface area contributed by atoms with E-state index in [1.54, 1.807) is 14.2 Å². The van der Waals surface area contributed by atoms with E-state index in [0.717, 1.165) is 5.69 Å². The largest absolute Gasteiger partial charge is 0.380 e. The van der Waals surface area contributed by atoms with Crippen LogP contribution in [0.15, 0.2) is 18.2 Å². The van der Waals surface area contributed by atoms with E-state index >= 15 is 0 Å². The molecule has 0 amide bonds. The molecule has 0 saturated heterocycles.